The first-order chi connectivity index (χ1) is 12.5. The topological polar surface area (TPSA) is 76.4 Å². The summed E-state index contributed by atoms with van der Waals surface area (Å²) in [7, 11) is 0. The molecule has 0 saturated carbocycles. The van der Waals surface area contributed by atoms with Crippen LogP contribution in [0.5, 0.6) is 0 Å². The van der Waals surface area contributed by atoms with Gasteiger partial charge in [0.1, 0.15) is 5.41 Å². The molecular formula is C21H29NO4. The van der Waals surface area contributed by atoms with E-state index in [1.165, 1.54) is 0 Å². The van der Waals surface area contributed by atoms with Gasteiger partial charge in [-0.3, -0.25) is 9.59 Å². The molecule has 0 amide bonds. The predicted molar refractivity (Wildman–Crippen MR) is 99.4 cm³/mol. The Balaban J connectivity index is 3.00. The van der Waals surface area contributed by atoms with E-state index in [2.05, 4.69) is 6.07 Å². The summed E-state index contributed by atoms with van der Waals surface area (Å²) in [5.74, 6) is -0.939. The van der Waals surface area contributed by atoms with E-state index in [0.717, 1.165) is 31.2 Å². The summed E-state index contributed by atoms with van der Waals surface area (Å²) in [6.07, 6.45) is 3.04. The lowest BCUT2D eigenvalue weighted by atomic mass is 9.75. The van der Waals surface area contributed by atoms with E-state index < -0.39 is 17.4 Å². The first kappa shape index (κ1) is 21.7. The molecule has 0 spiro atoms. The molecule has 5 nitrogen and oxygen atoms in total. The quantitative estimate of drug-likeness (QED) is 0.437. The molecule has 0 aromatic heterocycles. The number of rotatable bonds is 11. The highest BCUT2D eigenvalue weighted by atomic mass is 16.5. The predicted octanol–water partition coefficient (Wildman–Crippen LogP) is 4.22. The molecule has 5 heteroatoms. The van der Waals surface area contributed by atoms with Crippen LogP contribution < -0.4 is 0 Å². The van der Waals surface area contributed by atoms with E-state index in [-0.39, 0.29) is 12.8 Å². The van der Waals surface area contributed by atoms with Crippen LogP contribution in [0.4, 0.5) is 0 Å². The van der Waals surface area contributed by atoms with E-state index in [0.29, 0.717) is 18.8 Å². The average molecular weight is 359 g/mol. The van der Waals surface area contributed by atoms with Crippen LogP contribution in [0, 0.1) is 18.3 Å². The zero-order valence-electron chi connectivity index (χ0n) is 16.0. The van der Waals surface area contributed by atoms with E-state index in [1.807, 2.05) is 39.0 Å². The second-order valence-corrected chi connectivity index (χ2v) is 6.56. The van der Waals surface area contributed by atoms with Crippen molar-refractivity contribution in [3.05, 3.63) is 35.4 Å². The van der Waals surface area contributed by atoms with Crippen molar-refractivity contribution in [1.29, 1.82) is 5.26 Å². The molecule has 0 unspecified atom stereocenters. The van der Waals surface area contributed by atoms with Crippen molar-refractivity contribution in [3.8, 4) is 6.07 Å². The van der Waals surface area contributed by atoms with Crippen molar-refractivity contribution < 1.29 is 19.1 Å². The van der Waals surface area contributed by atoms with Crippen LogP contribution in [0.15, 0.2) is 24.3 Å². The van der Waals surface area contributed by atoms with E-state index in [4.69, 9.17) is 9.47 Å². The SMILES string of the molecule is CCCCOC(=O)CC(C#N)(CC(=O)OCCCC)c1cccc(C)c1. The van der Waals surface area contributed by atoms with Crippen LogP contribution in [-0.4, -0.2) is 25.2 Å². The highest BCUT2D eigenvalue weighted by molar-refractivity contribution is 5.77. The van der Waals surface area contributed by atoms with Gasteiger partial charge in [-0.25, -0.2) is 0 Å². The smallest absolute Gasteiger partial charge is 0.307 e. The fourth-order valence-electron chi connectivity index (χ4n) is 2.61. The van der Waals surface area contributed by atoms with Gasteiger partial charge in [-0.1, -0.05) is 56.5 Å². The molecule has 1 aromatic carbocycles. The minimum Gasteiger partial charge on any atom is -0.466 e. The van der Waals surface area contributed by atoms with Gasteiger partial charge in [0.2, 0.25) is 0 Å². The Bertz CT molecular complexity index is 609. The molecule has 0 aliphatic heterocycles. The van der Waals surface area contributed by atoms with Gasteiger partial charge in [0.15, 0.2) is 0 Å². The Morgan fingerprint density at radius 1 is 1.04 bits per heavy atom. The van der Waals surface area contributed by atoms with E-state index in [1.54, 1.807) is 6.07 Å². The number of carbonyl (C=O) groups is 2. The summed E-state index contributed by atoms with van der Waals surface area (Å²) in [4.78, 5) is 24.5. The molecule has 0 fully saturated rings. The maximum atomic E-state index is 12.3. The summed E-state index contributed by atoms with van der Waals surface area (Å²) < 4.78 is 10.5. The van der Waals surface area contributed by atoms with Crippen LogP contribution in [0.3, 0.4) is 0 Å². The second kappa shape index (κ2) is 11.3. The molecule has 1 rings (SSSR count). The minimum atomic E-state index is -1.28. The molecule has 0 saturated heterocycles. The average Bonchev–Trinajstić information content (AvgIpc) is 2.61. The molecule has 0 heterocycles. The number of carbonyl (C=O) groups excluding carboxylic acids is 2. The molecule has 0 aliphatic carbocycles. The molecule has 0 radical (unpaired) electrons. The van der Waals surface area contributed by atoms with Gasteiger partial charge in [-0.05, 0) is 25.3 Å². The van der Waals surface area contributed by atoms with Crippen LogP contribution in [0.1, 0.15) is 63.5 Å². The third kappa shape index (κ3) is 6.87. The Hall–Kier alpha value is -2.35. The number of aryl methyl sites for hydroxylation is 1. The standard InChI is InChI=1S/C21H29NO4/c1-4-6-11-25-19(23)14-21(16-22,15-20(24)26-12-7-5-2)18-10-8-9-17(3)13-18/h8-10,13H,4-7,11-12,14-15H2,1-3H3. The van der Waals surface area contributed by atoms with Crippen molar-refractivity contribution in [1.82, 2.24) is 0 Å². The van der Waals surface area contributed by atoms with Gasteiger partial charge >= 0.3 is 11.9 Å². The number of ether oxygens (including phenoxy) is 2. The summed E-state index contributed by atoms with van der Waals surface area (Å²) in [5, 5.41) is 9.90. The van der Waals surface area contributed by atoms with Gasteiger partial charge < -0.3 is 9.47 Å². The van der Waals surface area contributed by atoms with Crippen LogP contribution >= 0.6 is 0 Å². The summed E-state index contributed by atoms with van der Waals surface area (Å²) in [6.45, 7) is 6.57. The van der Waals surface area contributed by atoms with Gasteiger partial charge in [-0.15, -0.1) is 0 Å². The fourth-order valence-corrected chi connectivity index (χ4v) is 2.61. The van der Waals surface area contributed by atoms with Gasteiger partial charge in [0.25, 0.3) is 0 Å². The van der Waals surface area contributed by atoms with Gasteiger partial charge in [-0.2, -0.15) is 5.26 Å². The minimum absolute atomic E-state index is 0.167. The number of nitriles is 1. The first-order valence-electron chi connectivity index (χ1n) is 9.27. The van der Waals surface area contributed by atoms with Crippen molar-refractivity contribution in [3.63, 3.8) is 0 Å². The van der Waals surface area contributed by atoms with E-state index in [9.17, 15) is 14.9 Å². The fraction of sp³-hybridized carbons (Fsp3) is 0.571. The Labute approximate surface area is 156 Å². The zero-order chi connectivity index (χ0) is 19.4. The Kier molecular flexibility index (Phi) is 9.43. The molecule has 0 bridgehead atoms. The number of unbranched alkanes of at least 4 members (excludes halogenated alkanes) is 2. The molecule has 0 aliphatic rings. The highest BCUT2D eigenvalue weighted by Gasteiger charge is 2.39. The molecule has 1 aromatic rings. The number of nitrogens with zero attached hydrogens (tertiary/aromatic N) is 1. The van der Waals surface area contributed by atoms with Crippen molar-refractivity contribution in [2.24, 2.45) is 0 Å². The van der Waals surface area contributed by atoms with Crippen molar-refractivity contribution >= 4 is 11.9 Å². The second-order valence-electron chi connectivity index (χ2n) is 6.56. The maximum Gasteiger partial charge on any atom is 0.307 e. The Morgan fingerprint density at radius 3 is 2.00 bits per heavy atom. The highest BCUT2D eigenvalue weighted by Crippen LogP contribution is 2.33. The number of esters is 2. The van der Waals surface area contributed by atoms with Crippen molar-refractivity contribution in [2.75, 3.05) is 13.2 Å². The third-order valence-corrected chi connectivity index (χ3v) is 4.20. The lowest BCUT2D eigenvalue weighted by molar-refractivity contribution is -0.147. The molecular weight excluding hydrogens is 330 g/mol. The molecule has 0 N–H and O–H groups in total. The maximum absolute atomic E-state index is 12.3. The first-order valence-corrected chi connectivity index (χ1v) is 9.27. The zero-order valence-corrected chi connectivity index (χ0v) is 16.0. The normalized spacial score (nSPS) is 10.8. The number of benzene rings is 1. The summed E-state index contributed by atoms with van der Waals surface area (Å²) in [5.41, 5.74) is 0.319. The largest absolute Gasteiger partial charge is 0.466 e. The van der Waals surface area contributed by atoms with Gasteiger partial charge in [0.05, 0.1) is 32.1 Å². The van der Waals surface area contributed by atoms with Crippen molar-refractivity contribution in [2.45, 2.75) is 64.7 Å². The number of hydrogen-bond acceptors (Lipinski definition) is 5. The monoisotopic (exact) mass is 359 g/mol. The Morgan fingerprint density at radius 2 is 1.58 bits per heavy atom. The van der Waals surface area contributed by atoms with Crippen LogP contribution in [0.2, 0.25) is 0 Å². The van der Waals surface area contributed by atoms with Crippen LogP contribution in [0.25, 0.3) is 0 Å². The van der Waals surface area contributed by atoms with Gasteiger partial charge in [0, 0.05) is 0 Å². The van der Waals surface area contributed by atoms with Crippen LogP contribution in [-0.2, 0) is 24.5 Å². The molecule has 26 heavy (non-hydrogen) atoms. The van der Waals surface area contributed by atoms with E-state index >= 15 is 0 Å². The molecule has 0 atom stereocenters. The lowest BCUT2D eigenvalue weighted by Crippen LogP contribution is -2.32. The molecule has 142 valence electrons. The third-order valence-electron chi connectivity index (χ3n) is 4.20. The number of hydrogen-bond donors (Lipinski definition) is 0. The summed E-state index contributed by atoms with van der Waals surface area (Å²) >= 11 is 0. The summed E-state index contributed by atoms with van der Waals surface area (Å²) in [6, 6.07) is 9.54. The lowest BCUT2D eigenvalue weighted by Gasteiger charge is -2.26.